The molecule has 0 aliphatic carbocycles. The second-order valence-electron chi connectivity index (χ2n) is 2.60. The maximum atomic E-state index is 10.3. The van der Waals surface area contributed by atoms with E-state index in [0.29, 0.717) is 24.2 Å². The van der Waals surface area contributed by atoms with E-state index in [1.807, 2.05) is 0 Å². The number of hydrogen-bond acceptors (Lipinski definition) is 3. The normalized spacial score (nSPS) is 8.27. The summed E-state index contributed by atoms with van der Waals surface area (Å²) in [5.74, 6) is 5.60. The third-order valence-electron chi connectivity index (χ3n) is 1.54. The van der Waals surface area contributed by atoms with Gasteiger partial charge in [-0.25, -0.2) is 4.98 Å². The van der Waals surface area contributed by atoms with Crippen LogP contribution in [-0.4, -0.2) is 17.8 Å². The van der Waals surface area contributed by atoms with Crippen LogP contribution in [0.2, 0.25) is 0 Å². The van der Waals surface area contributed by atoms with Crippen molar-refractivity contribution in [3.05, 3.63) is 40.0 Å². The summed E-state index contributed by atoms with van der Waals surface area (Å²) in [5.41, 5.74) is 9.13. The minimum atomic E-state index is 0.357. The average Bonchev–Trinajstić information content (AvgIpc) is 2.30. The van der Waals surface area contributed by atoms with Gasteiger partial charge in [0.1, 0.15) is 5.69 Å². The van der Waals surface area contributed by atoms with Crippen molar-refractivity contribution in [3.8, 4) is 11.8 Å². The van der Waals surface area contributed by atoms with E-state index in [1.54, 1.807) is 12.1 Å². The molecule has 1 heterocycles. The SMILES string of the molecule is [N-]=[N+]=NCCC#Cc1ccc(C=O)cn1. The number of aldehydes is 1. The van der Waals surface area contributed by atoms with Gasteiger partial charge in [-0.15, -0.1) is 0 Å². The largest absolute Gasteiger partial charge is 0.298 e. The van der Waals surface area contributed by atoms with Crippen molar-refractivity contribution in [2.75, 3.05) is 6.54 Å². The maximum Gasteiger partial charge on any atom is 0.151 e. The Hall–Kier alpha value is -2.31. The number of nitrogens with zero attached hydrogens (tertiary/aromatic N) is 4. The summed E-state index contributed by atoms with van der Waals surface area (Å²) in [6.07, 6.45) is 2.69. The molecule has 0 bridgehead atoms. The summed E-state index contributed by atoms with van der Waals surface area (Å²) in [6, 6.07) is 3.32. The van der Waals surface area contributed by atoms with Crippen LogP contribution in [0.3, 0.4) is 0 Å². The Labute approximate surface area is 86.8 Å². The van der Waals surface area contributed by atoms with E-state index in [1.165, 1.54) is 6.20 Å². The average molecular weight is 200 g/mol. The second kappa shape index (κ2) is 6.19. The number of carbonyl (C=O) groups is 1. The van der Waals surface area contributed by atoms with Crippen LogP contribution in [0.15, 0.2) is 23.4 Å². The second-order valence-corrected chi connectivity index (χ2v) is 2.60. The van der Waals surface area contributed by atoms with Gasteiger partial charge in [0, 0.05) is 29.6 Å². The van der Waals surface area contributed by atoms with Crippen LogP contribution in [0.4, 0.5) is 0 Å². The summed E-state index contributed by atoms with van der Waals surface area (Å²) in [5, 5.41) is 3.34. The van der Waals surface area contributed by atoms with E-state index in [-0.39, 0.29) is 0 Å². The highest BCUT2D eigenvalue weighted by Crippen LogP contribution is 1.95. The lowest BCUT2D eigenvalue weighted by Crippen LogP contribution is -1.85. The lowest BCUT2D eigenvalue weighted by Gasteiger charge is -1.89. The van der Waals surface area contributed by atoms with E-state index in [2.05, 4.69) is 26.9 Å². The van der Waals surface area contributed by atoms with Crippen molar-refractivity contribution in [2.24, 2.45) is 5.11 Å². The van der Waals surface area contributed by atoms with Gasteiger partial charge in [0.15, 0.2) is 6.29 Å². The van der Waals surface area contributed by atoms with Crippen molar-refractivity contribution in [2.45, 2.75) is 6.42 Å². The number of azide groups is 1. The van der Waals surface area contributed by atoms with Crippen molar-refractivity contribution in [1.29, 1.82) is 0 Å². The fourth-order valence-electron chi connectivity index (χ4n) is 0.853. The monoisotopic (exact) mass is 200 g/mol. The number of carbonyl (C=O) groups excluding carboxylic acids is 1. The zero-order valence-corrected chi connectivity index (χ0v) is 7.92. The molecule has 1 aromatic rings. The highest BCUT2D eigenvalue weighted by molar-refractivity contribution is 5.74. The molecule has 0 saturated carbocycles. The molecule has 0 aromatic carbocycles. The molecule has 0 spiro atoms. The van der Waals surface area contributed by atoms with Crippen LogP contribution in [0.1, 0.15) is 22.5 Å². The van der Waals surface area contributed by atoms with Gasteiger partial charge in [-0.3, -0.25) is 4.79 Å². The molecule has 0 radical (unpaired) electrons. The molecule has 0 atom stereocenters. The highest BCUT2D eigenvalue weighted by Gasteiger charge is 1.89. The predicted molar refractivity (Wildman–Crippen MR) is 55.1 cm³/mol. The van der Waals surface area contributed by atoms with Crippen LogP contribution in [0, 0.1) is 11.8 Å². The molecule has 0 N–H and O–H groups in total. The number of rotatable bonds is 3. The summed E-state index contributed by atoms with van der Waals surface area (Å²) < 4.78 is 0. The lowest BCUT2D eigenvalue weighted by molar-refractivity contribution is 0.112. The number of aromatic nitrogens is 1. The molecule has 1 aromatic heterocycles. The van der Waals surface area contributed by atoms with Crippen LogP contribution < -0.4 is 0 Å². The molecule has 15 heavy (non-hydrogen) atoms. The Kier molecular flexibility index (Phi) is 4.44. The zero-order valence-electron chi connectivity index (χ0n) is 7.92. The van der Waals surface area contributed by atoms with E-state index in [4.69, 9.17) is 5.53 Å². The predicted octanol–water partition coefficient (Wildman–Crippen LogP) is 1.95. The van der Waals surface area contributed by atoms with Gasteiger partial charge >= 0.3 is 0 Å². The molecular weight excluding hydrogens is 192 g/mol. The molecule has 0 fully saturated rings. The molecule has 0 unspecified atom stereocenters. The van der Waals surface area contributed by atoms with Gasteiger partial charge in [0.2, 0.25) is 0 Å². The topological polar surface area (TPSA) is 78.7 Å². The fourth-order valence-corrected chi connectivity index (χ4v) is 0.853. The molecule has 0 saturated heterocycles. The van der Waals surface area contributed by atoms with Gasteiger partial charge in [-0.1, -0.05) is 11.0 Å². The smallest absolute Gasteiger partial charge is 0.151 e. The summed E-state index contributed by atoms with van der Waals surface area (Å²) >= 11 is 0. The molecule has 5 heteroatoms. The summed E-state index contributed by atoms with van der Waals surface area (Å²) in [6.45, 7) is 0.357. The van der Waals surface area contributed by atoms with Gasteiger partial charge < -0.3 is 0 Å². The first kappa shape index (κ1) is 10.8. The van der Waals surface area contributed by atoms with E-state index >= 15 is 0 Å². The van der Waals surface area contributed by atoms with Crippen LogP contribution >= 0.6 is 0 Å². The Morgan fingerprint density at radius 1 is 1.60 bits per heavy atom. The minimum Gasteiger partial charge on any atom is -0.298 e. The third kappa shape index (κ3) is 3.94. The molecule has 1 rings (SSSR count). The lowest BCUT2D eigenvalue weighted by atomic mass is 10.2. The van der Waals surface area contributed by atoms with Crippen molar-refractivity contribution < 1.29 is 4.79 Å². The van der Waals surface area contributed by atoms with E-state index in [0.717, 1.165) is 6.29 Å². The molecule has 0 aliphatic rings. The molecule has 0 aliphatic heterocycles. The minimum absolute atomic E-state index is 0.357. The van der Waals surface area contributed by atoms with Crippen molar-refractivity contribution >= 4 is 6.29 Å². The third-order valence-corrected chi connectivity index (χ3v) is 1.54. The Morgan fingerprint density at radius 2 is 2.47 bits per heavy atom. The van der Waals surface area contributed by atoms with Crippen LogP contribution in [0.5, 0.6) is 0 Å². The maximum absolute atomic E-state index is 10.3. The molecular formula is C10H8N4O. The number of hydrogen-bond donors (Lipinski definition) is 0. The molecule has 74 valence electrons. The first-order valence-electron chi connectivity index (χ1n) is 4.28. The van der Waals surface area contributed by atoms with Gasteiger partial charge in [0.25, 0.3) is 0 Å². The zero-order chi connectivity index (χ0) is 10.9. The van der Waals surface area contributed by atoms with Gasteiger partial charge in [-0.2, -0.15) is 0 Å². The highest BCUT2D eigenvalue weighted by atomic mass is 16.1. The van der Waals surface area contributed by atoms with Gasteiger partial charge in [-0.05, 0) is 23.6 Å². The van der Waals surface area contributed by atoms with Crippen LogP contribution in [0.25, 0.3) is 10.4 Å². The molecule has 0 amide bonds. The van der Waals surface area contributed by atoms with Crippen molar-refractivity contribution in [3.63, 3.8) is 0 Å². The Bertz CT molecular complexity index is 435. The number of pyridine rings is 1. The summed E-state index contributed by atoms with van der Waals surface area (Å²) in [7, 11) is 0. The first-order valence-corrected chi connectivity index (χ1v) is 4.28. The Balaban J connectivity index is 2.56. The first-order chi connectivity index (χ1) is 7.36. The van der Waals surface area contributed by atoms with E-state index in [9.17, 15) is 4.79 Å². The quantitative estimate of drug-likeness (QED) is 0.187. The molecule has 5 nitrogen and oxygen atoms in total. The fraction of sp³-hybridized carbons (Fsp3) is 0.200. The standard InChI is InChI=1S/C10H8N4O/c11-14-13-6-2-1-3-10-5-4-9(8-15)7-12-10/h4-5,7-8H,2,6H2. The van der Waals surface area contributed by atoms with Crippen molar-refractivity contribution in [1.82, 2.24) is 4.98 Å². The van der Waals surface area contributed by atoms with Crippen LogP contribution in [-0.2, 0) is 0 Å². The Morgan fingerprint density at radius 3 is 3.07 bits per heavy atom. The van der Waals surface area contributed by atoms with Gasteiger partial charge in [0.05, 0.1) is 0 Å². The summed E-state index contributed by atoms with van der Waals surface area (Å²) in [4.78, 5) is 16.9. The van der Waals surface area contributed by atoms with E-state index < -0.39 is 0 Å².